The molecule has 126 valence electrons. The second-order valence-electron chi connectivity index (χ2n) is 5.67. The number of methoxy groups -OCH3 is 1. The quantitative estimate of drug-likeness (QED) is 0.567. The number of aryl methyl sites for hydroxylation is 1. The topological polar surface area (TPSA) is 83.0 Å². The molecule has 0 spiro atoms. The van der Waals surface area contributed by atoms with Gasteiger partial charge >= 0.3 is 5.97 Å². The van der Waals surface area contributed by atoms with E-state index in [0.29, 0.717) is 29.2 Å². The highest BCUT2D eigenvalue weighted by Gasteiger charge is 2.19. The summed E-state index contributed by atoms with van der Waals surface area (Å²) in [5.41, 5.74) is 2.78. The minimum Gasteiger partial charge on any atom is -0.469 e. The van der Waals surface area contributed by atoms with Crippen LogP contribution in [0.2, 0.25) is 0 Å². The fourth-order valence-electron chi connectivity index (χ4n) is 2.22. The van der Waals surface area contributed by atoms with Gasteiger partial charge in [0.05, 0.1) is 24.8 Å². The van der Waals surface area contributed by atoms with Crippen LogP contribution in [-0.4, -0.2) is 38.8 Å². The number of carbonyl (C=O) groups excluding carboxylic acids is 1. The molecule has 0 radical (unpaired) electrons. The van der Waals surface area contributed by atoms with E-state index in [1.54, 1.807) is 0 Å². The Morgan fingerprint density at radius 2 is 2.09 bits per heavy atom. The summed E-state index contributed by atoms with van der Waals surface area (Å²) in [4.78, 5) is 11.1. The van der Waals surface area contributed by atoms with Gasteiger partial charge in [0.1, 0.15) is 0 Å². The Bertz CT molecular complexity index is 678. The van der Waals surface area contributed by atoms with Gasteiger partial charge in [-0.15, -0.1) is 10.2 Å². The number of nitrogens with zero attached hydrogens (tertiary/aromatic N) is 4. The van der Waals surface area contributed by atoms with E-state index in [4.69, 9.17) is 4.42 Å². The molecule has 23 heavy (non-hydrogen) atoms. The Kier molecular flexibility index (Phi) is 5.81. The SMILES string of the molecule is COC(=O)CCSc1nnc(-c2c(C)nn(CC(C)C)c2C)o1. The molecule has 0 saturated heterocycles. The van der Waals surface area contributed by atoms with Crippen LogP contribution < -0.4 is 0 Å². The molecule has 0 atom stereocenters. The van der Waals surface area contributed by atoms with Crippen molar-refractivity contribution >= 4 is 17.7 Å². The van der Waals surface area contributed by atoms with E-state index in [2.05, 4.69) is 33.9 Å². The van der Waals surface area contributed by atoms with Gasteiger partial charge in [0.2, 0.25) is 0 Å². The molecule has 0 fully saturated rings. The third-order valence-electron chi connectivity index (χ3n) is 3.30. The molecule has 0 unspecified atom stereocenters. The predicted octanol–water partition coefficient (Wildman–Crippen LogP) is 2.86. The van der Waals surface area contributed by atoms with E-state index in [1.807, 2.05) is 18.5 Å². The summed E-state index contributed by atoms with van der Waals surface area (Å²) < 4.78 is 12.3. The molecular weight excluding hydrogens is 316 g/mol. The summed E-state index contributed by atoms with van der Waals surface area (Å²) in [6, 6.07) is 0. The maximum Gasteiger partial charge on any atom is 0.306 e. The second kappa shape index (κ2) is 7.63. The number of hydrogen-bond acceptors (Lipinski definition) is 7. The Balaban J connectivity index is 2.11. The Hall–Kier alpha value is -1.83. The molecule has 2 rings (SSSR count). The molecular formula is C15H22N4O3S. The number of aromatic nitrogens is 4. The van der Waals surface area contributed by atoms with Crippen molar-refractivity contribution in [3.63, 3.8) is 0 Å². The Morgan fingerprint density at radius 1 is 1.35 bits per heavy atom. The van der Waals surface area contributed by atoms with Gasteiger partial charge in [-0.05, 0) is 19.8 Å². The van der Waals surface area contributed by atoms with Crippen molar-refractivity contribution in [3.8, 4) is 11.5 Å². The van der Waals surface area contributed by atoms with E-state index < -0.39 is 0 Å². The lowest BCUT2D eigenvalue weighted by Gasteiger charge is -2.06. The number of esters is 1. The van der Waals surface area contributed by atoms with E-state index in [1.165, 1.54) is 18.9 Å². The lowest BCUT2D eigenvalue weighted by Crippen LogP contribution is -2.07. The summed E-state index contributed by atoms with van der Waals surface area (Å²) in [7, 11) is 1.37. The average molecular weight is 338 g/mol. The molecule has 0 saturated carbocycles. The third-order valence-corrected chi connectivity index (χ3v) is 4.12. The molecule has 0 aromatic carbocycles. The number of carbonyl (C=O) groups is 1. The smallest absolute Gasteiger partial charge is 0.306 e. The third kappa shape index (κ3) is 4.34. The zero-order valence-electron chi connectivity index (χ0n) is 14.1. The van der Waals surface area contributed by atoms with Gasteiger partial charge in [-0.1, -0.05) is 25.6 Å². The zero-order chi connectivity index (χ0) is 17.0. The van der Waals surface area contributed by atoms with Gasteiger partial charge in [0, 0.05) is 18.0 Å². The molecule has 0 amide bonds. The molecule has 8 heteroatoms. The summed E-state index contributed by atoms with van der Waals surface area (Å²) in [5.74, 6) is 1.27. The van der Waals surface area contributed by atoms with Gasteiger partial charge in [-0.2, -0.15) is 5.10 Å². The molecule has 2 aromatic heterocycles. The number of hydrogen-bond donors (Lipinski definition) is 0. The van der Waals surface area contributed by atoms with E-state index in [9.17, 15) is 4.79 Å². The van der Waals surface area contributed by atoms with Crippen molar-refractivity contribution in [2.24, 2.45) is 5.92 Å². The van der Waals surface area contributed by atoms with Crippen molar-refractivity contribution in [3.05, 3.63) is 11.4 Å². The standard InChI is InChI=1S/C15H22N4O3S/c1-9(2)8-19-11(4)13(10(3)18-19)14-16-17-15(22-14)23-7-6-12(20)21-5/h9H,6-8H2,1-5H3. The zero-order valence-corrected chi connectivity index (χ0v) is 14.9. The van der Waals surface area contributed by atoms with E-state index in [-0.39, 0.29) is 5.97 Å². The number of rotatable bonds is 7. The molecule has 7 nitrogen and oxygen atoms in total. The van der Waals surface area contributed by atoms with Crippen LogP contribution in [-0.2, 0) is 16.1 Å². The molecule has 0 N–H and O–H groups in total. The van der Waals surface area contributed by atoms with Gasteiger partial charge < -0.3 is 9.15 Å². The average Bonchev–Trinajstić information content (AvgIpc) is 3.03. The van der Waals surface area contributed by atoms with Crippen LogP contribution in [0.15, 0.2) is 9.64 Å². The first kappa shape index (κ1) is 17.5. The van der Waals surface area contributed by atoms with Gasteiger partial charge in [-0.3, -0.25) is 9.48 Å². The highest BCUT2D eigenvalue weighted by atomic mass is 32.2. The van der Waals surface area contributed by atoms with Crippen LogP contribution >= 0.6 is 11.8 Å². The second-order valence-corrected chi connectivity index (χ2v) is 6.72. The molecule has 0 aliphatic rings. The minimum atomic E-state index is -0.251. The highest BCUT2D eigenvalue weighted by Crippen LogP contribution is 2.28. The van der Waals surface area contributed by atoms with Crippen molar-refractivity contribution in [1.29, 1.82) is 0 Å². The van der Waals surface area contributed by atoms with Gasteiger partial charge in [0.15, 0.2) is 0 Å². The Morgan fingerprint density at radius 3 is 2.74 bits per heavy atom. The van der Waals surface area contributed by atoms with Crippen molar-refractivity contribution in [2.45, 2.75) is 45.9 Å². The lowest BCUT2D eigenvalue weighted by atomic mass is 10.2. The first-order valence-corrected chi connectivity index (χ1v) is 8.48. The fraction of sp³-hybridized carbons (Fsp3) is 0.600. The van der Waals surface area contributed by atoms with Crippen LogP contribution in [0.3, 0.4) is 0 Å². The molecule has 0 bridgehead atoms. The van der Waals surface area contributed by atoms with Gasteiger partial charge in [0.25, 0.3) is 11.1 Å². The summed E-state index contributed by atoms with van der Waals surface area (Å²) in [6.07, 6.45) is 0.309. The molecule has 2 aromatic rings. The predicted molar refractivity (Wildman–Crippen MR) is 87.2 cm³/mol. The molecule has 0 aliphatic heterocycles. The van der Waals surface area contributed by atoms with Gasteiger partial charge in [-0.25, -0.2) is 0 Å². The molecule has 2 heterocycles. The fourth-order valence-corrected chi connectivity index (χ4v) is 2.90. The van der Waals surface area contributed by atoms with E-state index >= 15 is 0 Å². The van der Waals surface area contributed by atoms with Crippen LogP contribution in [0.5, 0.6) is 0 Å². The maximum absolute atomic E-state index is 11.1. The number of ether oxygens (including phenoxy) is 1. The lowest BCUT2D eigenvalue weighted by molar-refractivity contribution is -0.140. The first-order valence-electron chi connectivity index (χ1n) is 7.49. The van der Waals surface area contributed by atoms with Crippen LogP contribution in [0.1, 0.15) is 31.7 Å². The summed E-state index contributed by atoms with van der Waals surface area (Å²) in [6.45, 7) is 9.10. The Labute approximate surface area is 139 Å². The van der Waals surface area contributed by atoms with Crippen LogP contribution in [0.25, 0.3) is 11.5 Å². The summed E-state index contributed by atoms with van der Waals surface area (Å²) in [5, 5.41) is 13.1. The first-order chi connectivity index (χ1) is 10.9. The van der Waals surface area contributed by atoms with E-state index in [0.717, 1.165) is 23.5 Å². The normalized spacial score (nSPS) is 11.2. The summed E-state index contributed by atoms with van der Waals surface area (Å²) >= 11 is 1.34. The highest BCUT2D eigenvalue weighted by molar-refractivity contribution is 7.99. The van der Waals surface area contributed by atoms with Crippen molar-refractivity contribution in [1.82, 2.24) is 20.0 Å². The monoisotopic (exact) mass is 338 g/mol. The largest absolute Gasteiger partial charge is 0.469 e. The minimum absolute atomic E-state index is 0.251. The number of thioether (sulfide) groups is 1. The van der Waals surface area contributed by atoms with Crippen molar-refractivity contribution < 1.29 is 13.9 Å². The van der Waals surface area contributed by atoms with Crippen LogP contribution in [0.4, 0.5) is 0 Å². The van der Waals surface area contributed by atoms with Crippen LogP contribution in [0, 0.1) is 19.8 Å². The van der Waals surface area contributed by atoms with Crippen molar-refractivity contribution in [2.75, 3.05) is 12.9 Å². The molecule has 0 aliphatic carbocycles. The maximum atomic E-state index is 11.1.